The van der Waals surface area contributed by atoms with Crippen LogP contribution in [-0.4, -0.2) is 73.3 Å². The summed E-state index contributed by atoms with van der Waals surface area (Å²) in [6.07, 6.45) is 5.18. The van der Waals surface area contributed by atoms with Gasteiger partial charge in [0.05, 0.1) is 13.2 Å². The molecule has 30 heavy (non-hydrogen) atoms. The number of hydrogen-bond acceptors (Lipinski definition) is 6. The fourth-order valence-corrected chi connectivity index (χ4v) is 4.05. The van der Waals surface area contributed by atoms with Crippen LogP contribution in [0.2, 0.25) is 0 Å². The fraction of sp³-hybridized carbons (Fsp3) is 0.522. The number of hydrogen-bond donors (Lipinski definition) is 1. The number of nitrogens with one attached hydrogen (secondary N) is 1. The van der Waals surface area contributed by atoms with Crippen molar-refractivity contribution in [1.82, 2.24) is 20.2 Å². The number of carbonyl (C=O) groups excluding carboxylic acids is 1. The van der Waals surface area contributed by atoms with Gasteiger partial charge in [-0.1, -0.05) is 23.8 Å². The molecule has 0 aliphatic carbocycles. The van der Waals surface area contributed by atoms with Crippen molar-refractivity contribution in [3.05, 3.63) is 41.6 Å². The lowest BCUT2D eigenvalue weighted by molar-refractivity contribution is 0.0383. The highest BCUT2D eigenvalue weighted by atomic mass is 16.5. The first-order valence-corrected chi connectivity index (χ1v) is 11.0. The number of aromatic nitrogens is 2. The van der Waals surface area contributed by atoms with E-state index in [1.54, 1.807) is 6.20 Å². The van der Waals surface area contributed by atoms with E-state index in [1.165, 1.54) is 12.0 Å². The molecule has 4 rings (SSSR count). The van der Waals surface area contributed by atoms with Gasteiger partial charge in [0.25, 0.3) is 5.91 Å². The molecule has 0 bridgehead atoms. The Hall–Kier alpha value is -2.51. The minimum absolute atomic E-state index is 0.0976. The first kappa shape index (κ1) is 20.8. The van der Waals surface area contributed by atoms with Gasteiger partial charge in [-0.15, -0.1) is 0 Å². The Labute approximate surface area is 178 Å². The van der Waals surface area contributed by atoms with E-state index in [9.17, 15) is 4.79 Å². The molecule has 2 fully saturated rings. The smallest absolute Gasteiger partial charge is 0.256 e. The topological polar surface area (TPSA) is 70.6 Å². The molecule has 7 nitrogen and oxygen atoms in total. The van der Waals surface area contributed by atoms with Gasteiger partial charge in [0, 0.05) is 51.0 Å². The third kappa shape index (κ3) is 5.15. The fourth-order valence-electron chi connectivity index (χ4n) is 4.05. The van der Waals surface area contributed by atoms with E-state index in [0.717, 1.165) is 70.2 Å². The van der Waals surface area contributed by atoms with Crippen molar-refractivity contribution in [3.8, 4) is 11.4 Å². The summed E-state index contributed by atoms with van der Waals surface area (Å²) in [5, 5.41) is 3.07. The lowest BCUT2D eigenvalue weighted by Gasteiger charge is -2.29. The van der Waals surface area contributed by atoms with Crippen LogP contribution in [0.5, 0.6) is 0 Å². The third-order valence-electron chi connectivity index (χ3n) is 5.76. The van der Waals surface area contributed by atoms with Crippen molar-refractivity contribution in [3.63, 3.8) is 0 Å². The second kappa shape index (κ2) is 10.00. The van der Waals surface area contributed by atoms with E-state index in [0.29, 0.717) is 17.9 Å². The van der Waals surface area contributed by atoms with Crippen LogP contribution in [0.15, 0.2) is 30.5 Å². The highest BCUT2D eigenvalue weighted by Crippen LogP contribution is 2.25. The zero-order valence-corrected chi connectivity index (χ0v) is 17.8. The number of benzene rings is 1. The molecule has 0 atom stereocenters. The normalized spacial score (nSPS) is 17.7. The summed E-state index contributed by atoms with van der Waals surface area (Å²) < 4.78 is 5.38. The molecule has 2 aliphatic rings. The number of aryl methyl sites for hydroxylation is 1. The summed E-state index contributed by atoms with van der Waals surface area (Å²) in [6.45, 7) is 8.73. The van der Waals surface area contributed by atoms with Crippen LogP contribution in [0.4, 0.5) is 5.82 Å². The third-order valence-corrected chi connectivity index (χ3v) is 5.76. The summed E-state index contributed by atoms with van der Waals surface area (Å²) in [5.41, 5.74) is 2.71. The van der Waals surface area contributed by atoms with Gasteiger partial charge in [-0.05, 0) is 32.3 Å². The largest absolute Gasteiger partial charge is 0.379 e. The van der Waals surface area contributed by atoms with Gasteiger partial charge >= 0.3 is 0 Å². The quantitative estimate of drug-likeness (QED) is 0.791. The van der Waals surface area contributed by atoms with Crippen molar-refractivity contribution >= 4 is 11.7 Å². The van der Waals surface area contributed by atoms with Crippen LogP contribution in [0.1, 0.15) is 35.2 Å². The molecule has 160 valence electrons. The van der Waals surface area contributed by atoms with Gasteiger partial charge < -0.3 is 15.0 Å². The SMILES string of the molecule is Cc1cccc(-c2ncc(C(=O)NCCN3CCOCC3)c(N3CCCCC3)n2)c1. The van der Waals surface area contributed by atoms with Gasteiger partial charge in [-0.2, -0.15) is 0 Å². The number of carbonyl (C=O) groups is 1. The predicted octanol–water partition coefficient (Wildman–Crippen LogP) is 2.50. The average molecular weight is 410 g/mol. The molecular weight excluding hydrogens is 378 g/mol. The van der Waals surface area contributed by atoms with Crippen LogP contribution in [-0.2, 0) is 4.74 Å². The number of anilines is 1. The zero-order chi connectivity index (χ0) is 20.8. The monoisotopic (exact) mass is 409 g/mol. The maximum atomic E-state index is 13.0. The van der Waals surface area contributed by atoms with Crippen molar-refractivity contribution in [1.29, 1.82) is 0 Å². The molecule has 1 amide bonds. The molecule has 3 heterocycles. The number of ether oxygens (including phenoxy) is 1. The van der Waals surface area contributed by atoms with Crippen LogP contribution in [0, 0.1) is 6.92 Å². The Balaban J connectivity index is 1.52. The highest BCUT2D eigenvalue weighted by Gasteiger charge is 2.22. The molecule has 2 saturated heterocycles. The van der Waals surface area contributed by atoms with Crippen LogP contribution in [0.25, 0.3) is 11.4 Å². The summed E-state index contributed by atoms with van der Waals surface area (Å²) in [4.78, 5) is 26.9. The number of amides is 1. The Bertz CT molecular complexity index is 860. The number of piperidine rings is 1. The summed E-state index contributed by atoms with van der Waals surface area (Å²) >= 11 is 0. The molecule has 0 saturated carbocycles. The van der Waals surface area contributed by atoms with Crippen molar-refractivity contribution < 1.29 is 9.53 Å². The molecular formula is C23H31N5O2. The van der Waals surface area contributed by atoms with E-state index in [1.807, 2.05) is 12.1 Å². The second-order valence-corrected chi connectivity index (χ2v) is 8.06. The van der Waals surface area contributed by atoms with E-state index in [-0.39, 0.29) is 5.91 Å². The van der Waals surface area contributed by atoms with Gasteiger partial charge in [0.1, 0.15) is 11.4 Å². The molecule has 1 aromatic heterocycles. The standard InChI is InChI=1S/C23H31N5O2/c1-18-6-5-7-19(16-18)21-25-17-20(22(26-21)28-9-3-2-4-10-28)23(29)24-8-11-27-12-14-30-15-13-27/h5-7,16-17H,2-4,8-15H2,1H3,(H,24,29). The summed E-state index contributed by atoms with van der Waals surface area (Å²) in [5.74, 6) is 1.33. The van der Waals surface area contributed by atoms with Gasteiger partial charge in [0.15, 0.2) is 5.82 Å². The van der Waals surface area contributed by atoms with E-state index >= 15 is 0 Å². The minimum Gasteiger partial charge on any atom is -0.379 e. The molecule has 0 unspecified atom stereocenters. The molecule has 7 heteroatoms. The summed E-state index contributed by atoms with van der Waals surface area (Å²) in [7, 11) is 0. The molecule has 0 radical (unpaired) electrons. The Morgan fingerprint density at radius 3 is 2.70 bits per heavy atom. The van der Waals surface area contributed by atoms with Crippen molar-refractivity contribution in [2.75, 3.05) is 57.4 Å². The van der Waals surface area contributed by atoms with E-state index < -0.39 is 0 Å². The van der Waals surface area contributed by atoms with E-state index in [2.05, 4.69) is 39.2 Å². The molecule has 2 aliphatic heterocycles. The van der Waals surface area contributed by atoms with Gasteiger partial charge in [0.2, 0.25) is 0 Å². The summed E-state index contributed by atoms with van der Waals surface area (Å²) in [6, 6.07) is 8.17. The van der Waals surface area contributed by atoms with Crippen LogP contribution >= 0.6 is 0 Å². The van der Waals surface area contributed by atoms with Crippen LogP contribution in [0.3, 0.4) is 0 Å². The first-order chi connectivity index (χ1) is 14.7. The second-order valence-electron chi connectivity index (χ2n) is 8.06. The van der Waals surface area contributed by atoms with Crippen molar-refractivity contribution in [2.24, 2.45) is 0 Å². The number of nitrogens with zero attached hydrogens (tertiary/aromatic N) is 4. The number of morpholine rings is 1. The maximum Gasteiger partial charge on any atom is 0.256 e. The van der Waals surface area contributed by atoms with Crippen LogP contribution < -0.4 is 10.2 Å². The lowest BCUT2D eigenvalue weighted by atomic mass is 10.1. The Kier molecular flexibility index (Phi) is 6.92. The molecule has 1 aromatic carbocycles. The average Bonchev–Trinajstić information content (AvgIpc) is 2.80. The Morgan fingerprint density at radius 2 is 1.93 bits per heavy atom. The highest BCUT2D eigenvalue weighted by molar-refractivity contribution is 5.99. The Morgan fingerprint density at radius 1 is 1.13 bits per heavy atom. The maximum absolute atomic E-state index is 13.0. The molecule has 2 aromatic rings. The first-order valence-electron chi connectivity index (χ1n) is 11.0. The van der Waals surface area contributed by atoms with Crippen molar-refractivity contribution in [2.45, 2.75) is 26.2 Å². The number of rotatable bonds is 6. The zero-order valence-electron chi connectivity index (χ0n) is 17.8. The minimum atomic E-state index is -0.0976. The van der Waals surface area contributed by atoms with E-state index in [4.69, 9.17) is 9.72 Å². The molecule has 1 N–H and O–H groups in total. The van der Waals surface area contributed by atoms with Gasteiger partial charge in [-0.25, -0.2) is 9.97 Å². The predicted molar refractivity (Wildman–Crippen MR) is 118 cm³/mol. The lowest BCUT2D eigenvalue weighted by Crippen LogP contribution is -2.41. The van der Waals surface area contributed by atoms with Gasteiger partial charge in [-0.3, -0.25) is 9.69 Å². The molecule has 0 spiro atoms.